The Hall–Kier alpha value is -1.62. The number of nitrogens with zero attached hydrogens (tertiary/aromatic N) is 2. The van der Waals surface area contributed by atoms with E-state index in [0.29, 0.717) is 10.7 Å². The number of aromatic nitrogens is 2. The van der Waals surface area contributed by atoms with Crippen molar-refractivity contribution in [3.05, 3.63) is 34.6 Å². The summed E-state index contributed by atoms with van der Waals surface area (Å²) in [5, 5.41) is 5.24. The molecule has 0 atom stereocenters. The van der Waals surface area contributed by atoms with Crippen molar-refractivity contribution >= 4 is 22.4 Å². The third-order valence-electron chi connectivity index (χ3n) is 2.67. The molecule has 4 nitrogen and oxygen atoms in total. The molecular formula is C11H13N3OS. The van der Waals surface area contributed by atoms with E-state index in [9.17, 15) is 4.79 Å². The fourth-order valence-corrected chi connectivity index (χ4v) is 2.06. The Morgan fingerprint density at radius 3 is 2.75 bits per heavy atom. The van der Waals surface area contributed by atoms with Gasteiger partial charge < -0.3 is 4.57 Å². The highest BCUT2D eigenvalue weighted by atomic mass is 32.1. The van der Waals surface area contributed by atoms with Gasteiger partial charge >= 0.3 is 0 Å². The number of rotatable bonds is 2. The normalized spacial score (nSPS) is 10.4. The van der Waals surface area contributed by atoms with Gasteiger partial charge in [0.05, 0.1) is 5.56 Å². The summed E-state index contributed by atoms with van der Waals surface area (Å²) in [6.07, 6.45) is 1.67. The zero-order valence-electron chi connectivity index (χ0n) is 9.44. The molecule has 0 aliphatic heterocycles. The Kier molecular flexibility index (Phi) is 2.78. The fraction of sp³-hybridized carbons (Fsp3) is 0.273. The third-order valence-corrected chi connectivity index (χ3v) is 3.36. The lowest BCUT2D eigenvalue weighted by Crippen LogP contribution is -2.12. The van der Waals surface area contributed by atoms with Gasteiger partial charge in [-0.25, -0.2) is 4.98 Å². The number of anilines is 1. The first-order valence-corrected chi connectivity index (χ1v) is 5.81. The van der Waals surface area contributed by atoms with E-state index >= 15 is 0 Å². The quantitative estimate of drug-likeness (QED) is 0.868. The maximum Gasteiger partial charge on any atom is 0.259 e. The first kappa shape index (κ1) is 10.9. The highest BCUT2D eigenvalue weighted by molar-refractivity contribution is 7.13. The van der Waals surface area contributed by atoms with E-state index in [1.807, 2.05) is 36.9 Å². The van der Waals surface area contributed by atoms with Gasteiger partial charge in [-0.15, -0.1) is 11.3 Å². The SMILES string of the molecule is Cc1cc(C(=O)Nc2nccs2)c(C)n1C. The second-order valence-corrected chi connectivity index (χ2v) is 4.53. The van der Waals surface area contributed by atoms with Crippen LogP contribution in [0.3, 0.4) is 0 Å². The Morgan fingerprint density at radius 2 is 2.25 bits per heavy atom. The number of carbonyl (C=O) groups excluding carboxylic acids is 1. The van der Waals surface area contributed by atoms with Gasteiger partial charge in [0.15, 0.2) is 5.13 Å². The van der Waals surface area contributed by atoms with Crippen molar-refractivity contribution in [2.75, 3.05) is 5.32 Å². The molecular weight excluding hydrogens is 222 g/mol. The summed E-state index contributed by atoms with van der Waals surface area (Å²) in [6, 6.07) is 1.89. The van der Waals surface area contributed by atoms with Gasteiger partial charge in [-0.05, 0) is 19.9 Å². The molecule has 0 saturated heterocycles. The van der Waals surface area contributed by atoms with Crippen LogP contribution >= 0.6 is 11.3 Å². The lowest BCUT2D eigenvalue weighted by Gasteiger charge is -2.02. The molecule has 0 aliphatic carbocycles. The standard InChI is InChI=1S/C11H13N3OS/c1-7-6-9(8(2)14(7)3)10(15)13-11-12-4-5-16-11/h4-6H,1-3H3,(H,12,13,15). The van der Waals surface area contributed by atoms with E-state index in [1.165, 1.54) is 11.3 Å². The van der Waals surface area contributed by atoms with E-state index in [1.54, 1.807) is 6.20 Å². The zero-order chi connectivity index (χ0) is 11.7. The van der Waals surface area contributed by atoms with Crippen molar-refractivity contribution in [1.82, 2.24) is 9.55 Å². The second-order valence-electron chi connectivity index (χ2n) is 3.64. The van der Waals surface area contributed by atoms with Crippen molar-refractivity contribution in [1.29, 1.82) is 0 Å². The maximum absolute atomic E-state index is 11.9. The van der Waals surface area contributed by atoms with Crippen LogP contribution < -0.4 is 5.32 Å². The highest BCUT2D eigenvalue weighted by Crippen LogP contribution is 2.16. The summed E-state index contributed by atoms with van der Waals surface area (Å²) in [6.45, 7) is 3.91. The lowest BCUT2D eigenvalue weighted by atomic mass is 10.2. The van der Waals surface area contributed by atoms with Crippen LogP contribution in [-0.4, -0.2) is 15.5 Å². The predicted molar refractivity (Wildman–Crippen MR) is 65.0 cm³/mol. The van der Waals surface area contributed by atoms with Gasteiger partial charge in [-0.3, -0.25) is 10.1 Å². The van der Waals surface area contributed by atoms with Crippen LogP contribution in [0.1, 0.15) is 21.7 Å². The number of carbonyl (C=O) groups is 1. The molecule has 0 aromatic carbocycles. The zero-order valence-corrected chi connectivity index (χ0v) is 10.3. The largest absolute Gasteiger partial charge is 0.351 e. The highest BCUT2D eigenvalue weighted by Gasteiger charge is 2.14. The number of hydrogen-bond acceptors (Lipinski definition) is 3. The minimum Gasteiger partial charge on any atom is -0.351 e. The third kappa shape index (κ3) is 1.86. The van der Waals surface area contributed by atoms with E-state index in [4.69, 9.17) is 0 Å². The summed E-state index contributed by atoms with van der Waals surface area (Å²) in [5.74, 6) is -0.101. The van der Waals surface area contributed by atoms with Crippen molar-refractivity contribution in [3.63, 3.8) is 0 Å². The molecule has 0 bridgehead atoms. The van der Waals surface area contributed by atoms with Crippen LogP contribution in [0.5, 0.6) is 0 Å². The van der Waals surface area contributed by atoms with E-state index in [0.717, 1.165) is 11.4 Å². The maximum atomic E-state index is 11.9. The Labute approximate surface area is 97.9 Å². The van der Waals surface area contributed by atoms with Gasteiger partial charge in [0, 0.05) is 30.0 Å². The van der Waals surface area contributed by atoms with Gasteiger partial charge in [0.1, 0.15) is 0 Å². The first-order valence-electron chi connectivity index (χ1n) is 4.93. The Bertz CT molecular complexity index is 514. The molecule has 5 heteroatoms. The molecule has 1 N–H and O–H groups in total. The molecule has 2 rings (SSSR count). The van der Waals surface area contributed by atoms with Gasteiger partial charge in [0.25, 0.3) is 5.91 Å². The molecule has 2 aromatic heterocycles. The average molecular weight is 235 g/mol. The molecule has 84 valence electrons. The van der Waals surface area contributed by atoms with E-state index in [-0.39, 0.29) is 5.91 Å². The number of hydrogen-bond donors (Lipinski definition) is 1. The minimum absolute atomic E-state index is 0.101. The lowest BCUT2D eigenvalue weighted by molar-refractivity contribution is 0.102. The monoisotopic (exact) mass is 235 g/mol. The molecule has 0 aliphatic rings. The minimum atomic E-state index is -0.101. The summed E-state index contributed by atoms with van der Waals surface area (Å²) in [5.41, 5.74) is 2.74. The van der Waals surface area contributed by atoms with E-state index < -0.39 is 0 Å². The number of thiazole rings is 1. The molecule has 2 aromatic rings. The molecule has 0 fully saturated rings. The van der Waals surface area contributed by atoms with Gasteiger partial charge in [-0.2, -0.15) is 0 Å². The first-order chi connectivity index (χ1) is 7.59. The molecule has 0 unspecified atom stereocenters. The Morgan fingerprint density at radius 1 is 1.50 bits per heavy atom. The van der Waals surface area contributed by atoms with Crippen molar-refractivity contribution in [2.45, 2.75) is 13.8 Å². The van der Waals surface area contributed by atoms with Crippen LogP contribution in [-0.2, 0) is 7.05 Å². The molecule has 16 heavy (non-hydrogen) atoms. The van der Waals surface area contributed by atoms with Crippen LogP contribution in [0.15, 0.2) is 17.6 Å². The Balaban J connectivity index is 2.24. The van der Waals surface area contributed by atoms with Crippen LogP contribution in [0.4, 0.5) is 5.13 Å². The summed E-state index contributed by atoms with van der Waals surface area (Å²) >= 11 is 1.41. The van der Waals surface area contributed by atoms with Crippen molar-refractivity contribution < 1.29 is 4.79 Å². The fourth-order valence-electron chi connectivity index (χ4n) is 1.53. The molecule has 0 spiro atoms. The topological polar surface area (TPSA) is 46.9 Å². The molecule has 0 saturated carbocycles. The second kappa shape index (κ2) is 4.09. The average Bonchev–Trinajstić information content (AvgIpc) is 2.83. The summed E-state index contributed by atoms with van der Waals surface area (Å²) in [7, 11) is 1.95. The van der Waals surface area contributed by atoms with Gasteiger partial charge in [-0.1, -0.05) is 0 Å². The van der Waals surface area contributed by atoms with Gasteiger partial charge in [0.2, 0.25) is 0 Å². The van der Waals surface area contributed by atoms with Crippen molar-refractivity contribution in [3.8, 4) is 0 Å². The van der Waals surface area contributed by atoms with Crippen LogP contribution in [0.25, 0.3) is 0 Å². The summed E-state index contributed by atoms with van der Waals surface area (Å²) < 4.78 is 2.00. The molecule has 1 amide bonds. The van der Waals surface area contributed by atoms with E-state index in [2.05, 4.69) is 10.3 Å². The molecule has 0 radical (unpaired) electrons. The smallest absolute Gasteiger partial charge is 0.259 e. The predicted octanol–water partition coefficient (Wildman–Crippen LogP) is 2.35. The number of aryl methyl sites for hydroxylation is 1. The number of nitrogens with one attached hydrogen (secondary N) is 1. The van der Waals surface area contributed by atoms with Crippen LogP contribution in [0, 0.1) is 13.8 Å². The molecule has 2 heterocycles. The van der Waals surface area contributed by atoms with Crippen LogP contribution in [0.2, 0.25) is 0 Å². The number of amides is 1. The van der Waals surface area contributed by atoms with Crippen molar-refractivity contribution in [2.24, 2.45) is 7.05 Å². The summed E-state index contributed by atoms with van der Waals surface area (Å²) in [4.78, 5) is 16.0.